The van der Waals surface area contributed by atoms with Crippen molar-refractivity contribution in [2.24, 2.45) is 0 Å². The Morgan fingerprint density at radius 2 is 1.62 bits per heavy atom. The fraction of sp³-hybridized carbons (Fsp3) is 0.188. The number of benzene rings is 2. The van der Waals surface area contributed by atoms with Crippen molar-refractivity contribution in [3.05, 3.63) is 59.7 Å². The van der Waals surface area contributed by atoms with Gasteiger partial charge in [-0.2, -0.15) is 5.26 Å². The molecule has 108 valence electrons. The predicted molar refractivity (Wildman–Crippen MR) is 82.7 cm³/mol. The molecule has 0 saturated carbocycles. The second-order valence-corrected chi connectivity index (χ2v) is 6.91. The molecule has 0 fully saturated rings. The molecule has 1 atom stereocenters. The van der Waals surface area contributed by atoms with Gasteiger partial charge in [0.2, 0.25) is 0 Å². The molecule has 0 amide bonds. The molecule has 0 aliphatic rings. The highest BCUT2D eigenvalue weighted by Gasteiger charge is 2.09. The number of nitrogens with one attached hydrogen (secondary N) is 1. The first kappa shape index (κ1) is 15.1. The Morgan fingerprint density at radius 3 is 2.10 bits per heavy atom. The summed E-state index contributed by atoms with van der Waals surface area (Å²) in [5.41, 5.74) is 2.52. The maximum absolute atomic E-state index is 11.4. The highest BCUT2D eigenvalue weighted by atomic mass is 32.2. The van der Waals surface area contributed by atoms with Crippen molar-refractivity contribution >= 4 is 15.5 Å². The largest absolute Gasteiger partial charge is 0.379 e. The lowest BCUT2D eigenvalue weighted by Crippen LogP contribution is -2.07. The maximum atomic E-state index is 11.4. The van der Waals surface area contributed by atoms with E-state index in [1.165, 1.54) is 6.26 Å². The number of nitriles is 1. The zero-order chi connectivity index (χ0) is 15.5. The molecule has 0 aliphatic heterocycles. The van der Waals surface area contributed by atoms with E-state index in [-0.39, 0.29) is 6.04 Å². The molecular weight excluding hydrogens is 284 g/mol. The van der Waals surface area contributed by atoms with E-state index in [4.69, 9.17) is 5.26 Å². The van der Waals surface area contributed by atoms with Crippen LogP contribution in [0.3, 0.4) is 0 Å². The molecule has 2 rings (SSSR count). The second-order valence-electron chi connectivity index (χ2n) is 4.90. The molecule has 0 bridgehead atoms. The van der Waals surface area contributed by atoms with Gasteiger partial charge in [0.25, 0.3) is 0 Å². The average molecular weight is 300 g/mol. The average Bonchev–Trinajstić information content (AvgIpc) is 2.47. The number of nitrogens with zero attached hydrogens (tertiary/aromatic N) is 1. The van der Waals surface area contributed by atoms with Crippen LogP contribution in [0, 0.1) is 11.3 Å². The third-order valence-corrected chi connectivity index (χ3v) is 4.33. The first-order chi connectivity index (χ1) is 9.90. The molecule has 0 spiro atoms. The van der Waals surface area contributed by atoms with Gasteiger partial charge in [0.15, 0.2) is 9.84 Å². The van der Waals surface area contributed by atoms with Crippen LogP contribution in [0.2, 0.25) is 0 Å². The van der Waals surface area contributed by atoms with Gasteiger partial charge in [-0.05, 0) is 48.9 Å². The van der Waals surface area contributed by atoms with Gasteiger partial charge in [0.05, 0.1) is 16.5 Å². The summed E-state index contributed by atoms with van der Waals surface area (Å²) in [7, 11) is -3.16. The van der Waals surface area contributed by atoms with E-state index in [0.29, 0.717) is 10.5 Å². The van der Waals surface area contributed by atoms with Crippen LogP contribution in [-0.4, -0.2) is 14.7 Å². The lowest BCUT2D eigenvalue weighted by Gasteiger charge is -2.16. The van der Waals surface area contributed by atoms with Crippen molar-refractivity contribution in [1.82, 2.24) is 0 Å². The van der Waals surface area contributed by atoms with E-state index in [0.717, 1.165) is 11.3 Å². The number of hydrogen-bond donors (Lipinski definition) is 1. The quantitative estimate of drug-likeness (QED) is 0.941. The highest BCUT2D eigenvalue weighted by molar-refractivity contribution is 7.90. The van der Waals surface area contributed by atoms with Gasteiger partial charge in [-0.3, -0.25) is 0 Å². The Bertz CT molecular complexity index is 757. The van der Waals surface area contributed by atoms with Crippen molar-refractivity contribution in [1.29, 1.82) is 5.26 Å². The first-order valence-electron chi connectivity index (χ1n) is 6.47. The van der Waals surface area contributed by atoms with E-state index in [1.807, 2.05) is 19.1 Å². The SMILES string of the molecule is CC(Nc1ccc(C#N)cc1)c1ccc(S(C)(=O)=O)cc1. The molecule has 5 heteroatoms. The van der Waals surface area contributed by atoms with Crippen LogP contribution in [0.25, 0.3) is 0 Å². The molecule has 0 radical (unpaired) electrons. The molecule has 0 aromatic heterocycles. The summed E-state index contributed by atoms with van der Waals surface area (Å²) in [6.07, 6.45) is 1.19. The van der Waals surface area contributed by atoms with Crippen molar-refractivity contribution < 1.29 is 8.42 Å². The van der Waals surface area contributed by atoms with Gasteiger partial charge in [-0.1, -0.05) is 12.1 Å². The molecule has 1 unspecified atom stereocenters. The van der Waals surface area contributed by atoms with E-state index in [2.05, 4.69) is 11.4 Å². The van der Waals surface area contributed by atoms with Crippen molar-refractivity contribution in [3.8, 4) is 6.07 Å². The molecule has 0 heterocycles. The fourth-order valence-corrected chi connectivity index (χ4v) is 2.61. The number of sulfone groups is 1. The van der Waals surface area contributed by atoms with Gasteiger partial charge in [-0.25, -0.2) is 8.42 Å². The van der Waals surface area contributed by atoms with E-state index in [9.17, 15) is 8.42 Å². The molecule has 2 aromatic rings. The zero-order valence-corrected chi connectivity index (χ0v) is 12.7. The summed E-state index contributed by atoms with van der Waals surface area (Å²) in [4.78, 5) is 0.317. The Morgan fingerprint density at radius 1 is 1.05 bits per heavy atom. The first-order valence-corrected chi connectivity index (χ1v) is 8.36. The summed E-state index contributed by atoms with van der Waals surface area (Å²) in [5.74, 6) is 0. The number of anilines is 1. The van der Waals surface area contributed by atoms with Crippen LogP contribution in [0.1, 0.15) is 24.1 Å². The summed E-state index contributed by atoms with van der Waals surface area (Å²) in [6.45, 7) is 1.99. The van der Waals surface area contributed by atoms with Gasteiger partial charge < -0.3 is 5.32 Å². The minimum atomic E-state index is -3.16. The van der Waals surface area contributed by atoms with Gasteiger partial charge in [0.1, 0.15) is 0 Å². The number of hydrogen-bond acceptors (Lipinski definition) is 4. The van der Waals surface area contributed by atoms with Crippen LogP contribution in [-0.2, 0) is 9.84 Å². The van der Waals surface area contributed by atoms with Gasteiger partial charge in [-0.15, -0.1) is 0 Å². The van der Waals surface area contributed by atoms with E-state index < -0.39 is 9.84 Å². The predicted octanol–water partition coefficient (Wildman–Crippen LogP) is 3.13. The minimum absolute atomic E-state index is 0.0338. The van der Waals surface area contributed by atoms with Gasteiger partial charge in [0, 0.05) is 18.0 Å². The molecule has 21 heavy (non-hydrogen) atoms. The zero-order valence-electron chi connectivity index (χ0n) is 11.9. The molecular formula is C16H16N2O2S. The lowest BCUT2D eigenvalue weighted by molar-refractivity contribution is 0.602. The van der Waals surface area contributed by atoms with Crippen molar-refractivity contribution in [2.45, 2.75) is 17.9 Å². The number of rotatable bonds is 4. The van der Waals surface area contributed by atoms with E-state index >= 15 is 0 Å². The fourth-order valence-electron chi connectivity index (χ4n) is 1.98. The third kappa shape index (κ3) is 3.83. The van der Waals surface area contributed by atoms with Crippen LogP contribution in [0.5, 0.6) is 0 Å². The smallest absolute Gasteiger partial charge is 0.175 e. The minimum Gasteiger partial charge on any atom is -0.379 e. The summed E-state index contributed by atoms with van der Waals surface area (Å²) in [5, 5.41) is 12.1. The van der Waals surface area contributed by atoms with Crippen molar-refractivity contribution in [2.75, 3.05) is 11.6 Å². The van der Waals surface area contributed by atoms with Crippen LogP contribution in [0.15, 0.2) is 53.4 Å². The lowest BCUT2D eigenvalue weighted by atomic mass is 10.1. The van der Waals surface area contributed by atoms with Crippen molar-refractivity contribution in [3.63, 3.8) is 0 Å². The molecule has 0 aliphatic carbocycles. The summed E-state index contributed by atoms with van der Waals surface area (Å²) >= 11 is 0. The third-order valence-electron chi connectivity index (χ3n) is 3.21. The highest BCUT2D eigenvalue weighted by Crippen LogP contribution is 2.21. The Balaban J connectivity index is 2.13. The van der Waals surface area contributed by atoms with E-state index in [1.54, 1.807) is 36.4 Å². The Kier molecular flexibility index (Phi) is 4.29. The van der Waals surface area contributed by atoms with Crippen LogP contribution in [0.4, 0.5) is 5.69 Å². The summed E-state index contributed by atoms with van der Waals surface area (Å²) < 4.78 is 22.8. The Hall–Kier alpha value is -2.32. The second kappa shape index (κ2) is 5.98. The topological polar surface area (TPSA) is 70.0 Å². The van der Waals surface area contributed by atoms with Crippen LogP contribution < -0.4 is 5.32 Å². The molecule has 0 saturated heterocycles. The monoisotopic (exact) mass is 300 g/mol. The maximum Gasteiger partial charge on any atom is 0.175 e. The summed E-state index contributed by atoms with van der Waals surface area (Å²) in [6, 6.07) is 16.1. The Labute approximate surface area is 125 Å². The molecule has 2 aromatic carbocycles. The molecule has 1 N–H and O–H groups in total. The standard InChI is InChI=1S/C16H16N2O2S/c1-12(18-15-7-3-13(11-17)4-8-15)14-5-9-16(10-6-14)21(2,19)20/h3-10,12,18H,1-2H3. The van der Waals surface area contributed by atoms with Crippen LogP contribution >= 0.6 is 0 Å². The normalized spacial score (nSPS) is 12.4. The molecule has 4 nitrogen and oxygen atoms in total. The van der Waals surface area contributed by atoms with Gasteiger partial charge >= 0.3 is 0 Å².